The molecule has 0 saturated heterocycles. The van der Waals surface area contributed by atoms with Gasteiger partial charge in [-0.05, 0) is 32.4 Å². The lowest BCUT2D eigenvalue weighted by Gasteiger charge is -2.28. The highest BCUT2D eigenvalue weighted by Gasteiger charge is 2.35. The predicted molar refractivity (Wildman–Crippen MR) is 109 cm³/mol. The maximum Gasteiger partial charge on any atom is 0.336 e. The number of halogens is 2. The van der Waals surface area contributed by atoms with Gasteiger partial charge in [-0.3, -0.25) is 15.3 Å². The number of rotatable bonds is 7. The second-order valence-corrected chi connectivity index (χ2v) is 6.60. The molecule has 1 atom stereocenters. The zero-order valence-corrected chi connectivity index (χ0v) is 17.0. The second-order valence-electron chi connectivity index (χ2n) is 5.81. The number of carbonyl (C=O) groups excluding carboxylic acids is 1. The fraction of sp³-hybridized carbons (Fsp3) is 0.300. The third kappa shape index (κ3) is 4.80. The Kier molecular flexibility index (Phi) is 7.66. The van der Waals surface area contributed by atoms with Gasteiger partial charge in [0.2, 0.25) is 0 Å². The number of nitrogens with one attached hydrogen (secondary N) is 1. The third-order valence-corrected chi connectivity index (χ3v) is 4.86. The second kappa shape index (κ2) is 9.74. The quantitative estimate of drug-likeness (QED) is 0.299. The van der Waals surface area contributed by atoms with E-state index in [0.29, 0.717) is 33.5 Å². The molecule has 1 unspecified atom stereocenters. The lowest BCUT2D eigenvalue weighted by Crippen LogP contribution is -2.26. The molecule has 0 bridgehead atoms. The molecule has 1 aromatic rings. The van der Waals surface area contributed by atoms with Crippen molar-refractivity contribution >= 4 is 34.9 Å². The van der Waals surface area contributed by atoms with Crippen molar-refractivity contribution in [2.45, 2.75) is 26.7 Å². The smallest absolute Gasteiger partial charge is 0.336 e. The minimum Gasteiger partial charge on any atom is -0.463 e. The van der Waals surface area contributed by atoms with Gasteiger partial charge in [0, 0.05) is 29.1 Å². The highest BCUT2D eigenvalue weighted by molar-refractivity contribution is 6.42. The van der Waals surface area contributed by atoms with Crippen molar-refractivity contribution in [2.24, 2.45) is 4.99 Å². The number of aliphatic imine (C=N–C) groups is 1. The summed E-state index contributed by atoms with van der Waals surface area (Å²) in [7, 11) is 0. The number of allylic oxidation sites excluding steroid dienone is 2. The lowest BCUT2D eigenvalue weighted by molar-refractivity contribution is -0.138. The first-order valence-electron chi connectivity index (χ1n) is 8.48. The summed E-state index contributed by atoms with van der Waals surface area (Å²) in [5.41, 5.74) is 5.92. The van der Waals surface area contributed by atoms with Crippen molar-refractivity contribution in [3.8, 4) is 0 Å². The SMILES string of the molecule is C=CCONC=C1C(C)=NC(C)=C(C(=O)OCC)C1c1cccc(Cl)c1Cl. The van der Waals surface area contributed by atoms with Crippen LogP contribution in [0.5, 0.6) is 0 Å². The van der Waals surface area contributed by atoms with Crippen LogP contribution in [0.1, 0.15) is 32.3 Å². The number of nitrogens with zero attached hydrogens (tertiary/aromatic N) is 1. The van der Waals surface area contributed by atoms with Crippen molar-refractivity contribution < 1.29 is 14.4 Å². The molecule has 0 radical (unpaired) electrons. The molecular weight excluding hydrogens is 387 g/mol. The third-order valence-electron chi connectivity index (χ3n) is 4.03. The fourth-order valence-electron chi connectivity index (χ4n) is 2.89. The molecule has 2 rings (SSSR count). The number of esters is 1. The molecule has 1 N–H and O–H groups in total. The van der Waals surface area contributed by atoms with Crippen LogP contribution in [0, 0.1) is 0 Å². The van der Waals surface area contributed by atoms with Crippen molar-refractivity contribution in [3.63, 3.8) is 0 Å². The maximum atomic E-state index is 12.7. The molecular formula is C20H22Cl2N2O3. The van der Waals surface area contributed by atoms with Crippen LogP contribution in [0.3, 0.4) is 0 Å². The molecule has 144 valence electrons. The molecule has 5 nitrogen and oxygen atoms in total. The van der Waals surface area contributed by atoms with E-state index in [1.807, 2.05) is 13.0 Å². The van der Waals surface area contributed by atoms with E-state index in [1.165, 1.54) is 0 Å². The Hall–Kier alpha value is -2.08. The normalized spacial score (nSPS) is 18.3. The van der Waals surface area contributed by atoms with Crippen LogP contribution in [0.15, 0.2) is 58.9 Å². The van der Waals surface area contributed by atoms with Crippen LogP contribution < -0.4 is 5.48 Å². The van der Waals surface area contributed by atoms with E-state index in [0.717, 1.165) is 11.3 Å². The Labute approximate surface area is 169 Å². The van der Waals surface area contributed by atoms with Crippen LogP contribution >= 0.6 is 23.2 Å². The lowest BCUT2D eigenvalue weighted by atomic mass is 9.80. The van der Waals surface area contributed by atoms with Crippen molar-refractivity contribution in [3.05, 3.63) is 69.5 Å². The molecule has 1 aliphatic rings. The monoisotopic (exact) mass is 408 g/mol. The van der Waals surface area contributed by atoms with Crippen LogP contribution in [0.4, 0.5) is 0 Å². The van der Waals surface area contributed by atoms with Gasteiger partial charge in [-0.1, -0.05) is 41.4 Å². The average Bonchev–Trinajstić information content (AvgIpc) is 2.62. The Morgan fingerprint density at radius 2 is 2.11 bits per heavy atom. The van der Waals surface area contributed by atoms with E-state index < -0.39 is 11.9 Å². The Morgan fingerprint density at radius 3 is 2.78 bits per heavy atom. The van der Waals surface area contributed by atoms with Crippen LogP contribution in [-0.4, -0.2) is 24.9 Å². The summed E-state index contributed by atoms with van der Waals surface area (Å²) in [4.78, 5) is 22.5. The van der Waals surface area contributed by atoms with Gasteiger partial charge in [-0.25, -0.2) is 4.79 Å². The average molecular weight is 409 g/mol. The predicted octanol–water partition coefficient (Wildman–Crippen LogP) is 4.98. The molecule has 0 aliphatic carbocycles. The summed E-state index contributed by atoms with van der Waals surface area (Å²) in [5.74, 6) is -0.933. The zero-order chi connectivity index (χ0) is 20.0. The largest absolute Gasteiger partial charge is 0.463 e. The number of carbonyl (C=O) groups is 1. The standard InChI is InChI=1S/C20H22Cl2N2O3/c1-5-10-27-23-11-15-12(3)24-13(4)17(20(25)26-6-2)18(15)14-8-7-9-16(21)19(14)22/h5,7-9,11,18,23H,1,6,10H2,2-4H3. The molecule has 0 amide bonds. The number of hydrogen-bond acceptors (Lipinski definition) is 5. The summed E-state index contributed by atoms with van der Waals surface area (Å²) in [6, 6.07) is 5.33. The first-order chi connectivity index (χ1) is 12.9. The van der Waals surface area contributed by atoms with Gasteiger partial charge in [0.1, 0.15) is 0 Å². The molecule has 27 heavy (non-hydrogen) atoms. The maximum absolute atomic E-state index is 12.7. The van der Waals surface area contributed by atoms with E-state index in [1.54, 1.807) is 38.3 Å². The van der Waals surface area contributed by atoms with E-state index in [9.17, 15) is 4.79 Å². The molecule has 0 aromatic heterocycles. The summed E-state index contributed by atoms with van der Waals surface area (Å²) in [5, 5.41) is 0.789. The number of hydrogen-bond donors (Lipinski definition) is 1. The van der Waals surface area contributed by atoms with Crippen molar-refractivity contribution in [2.75, 3.05) is 13.2 Å². The summed E-state index contributed by atoms with van der Waals surface area (Å²) < 4.78 is 5.27. The van der Waals surface area contributed by atoms with Gasteiger partial charge in [0.25, 0.3) is 0 Å². The van der Waals surface area contributed by atoms with Gasteiger partial charge in [-0.2, -0.15) is 0 Å². The van der Waals surface area contributed by atoms with E-state index in [2.05, 4.69) is 17.1 Å². The first kappa shape index (κ1) is 21.2. The van der Waals surface area contributed by atoms with Crippen LogP contribution in [0.25, 0.3) is 0 Å². The van der Waals surface area contributed by atoms with Gasteiger partial charge in [0.05, 0.1) is 28.8 Å². The molecule has 1 aliphatic heterocycles. The molecule has 1 heterocycles. The van der Waals surface area contributed by atoms with Crippen LogP contribution in [0.2, 0.25) is 10.0 Å². The molecule has 0 spiro atoms. The highest BCUT2D eigenvalue weighted by atomic mass is 35.5. The molecule has 0 fully saturated rings. The van der Waals surface area contributed by atoms with Gasteiger partial charge in [0.15, 0.2) is 0 Å². The number of hydroxylamine groups is 1. The highest BCUT2D eigenvalue weighted by Crippen LogP contribution is 2.43. The molecule has 0 saturated carbocycles. The zero-order valence-electron chi connectivity index (χ0n) is 15.5. The Morgan fingerprint density at radius 1 is 1.37 bits per heavy atom. The van der Waals surface area contributed by atoms with Gasteiger partial charge < -0.3 is 4.74 Å². The summed E-state index contributed by atoms with van der Waals surface area (Å²) >= 11 is 12.7. The Bertz CT molecular complexity index is 829. The fourth-order valence-corrected chi connectivity index (χ4v) is 3.31. The van der Waals surface area contributed by atoms with E-state index >= 15 is 0 Å². The first-order valence-corrected chi connectivity index (χ1v) is 9.23. The summed E-state index contributed by atoms with van der Waals surface area (Å²) in [6.45, 7) is 9.57. The van der Waals surface area contributed by atoms with E-state index in [4.69, 9.17) is 32.8 Å². The van der Waals surface area contributed by atoms with Crippen LogP contribution in [-0.2, 0) is 14.4 Å². The molecule has 7 heteroatoms. The van der Waals surface area contributed by atoms with Gasteiger partial charge >= 0.3 is 5.97 Å². The number of ether oxygens (including phenoxy) is 1. The molecule has 1 aromatic carbocycles. The Balaban J connectivity index is 2.62. The van der Waals surface area contributed by atoms with Crippen molar-refractivity contribution in [1.29, 1.82) is 0 Å². The van der Waals surface area contributed by atoms with Crippen molar-refractivity contribution in [1.82, 2.24) is 5.48 Å². The number of benzene rings is 1. The summed E-state index contributed by atoms with van der Waals surface area (Å²) in [6.07, 6.45) is 3.28. The van der Waals surface area contributed by atoms with Gasteiger partial charge in [-0.15, -0.1) is 6.58 Å². The van der Waals surface area contributed by atoms with E-state index in [-0.39, 0.29) is 6.61 Å². The minimum absolute atomic E-state index is 0.258. The minimum atomic E-state index is -0.493. The topological polar surface area (TPSA) is 59.9 Å².